The van der Waals surface area contributed by atoms with Crippen molar-refractivity contribution < 1.29 is 23.6 Å². The zero-order valence-electron chi connectivity index (χ0n) is 21.4. The van der Waals surface area contributed by atoms with Crippen LogP contribution in [0.2, 0.25) is 0 Å². The van der Waals surface area contributed by atoms with Crippen molar-refractivity contribution in [3.8, 4) is 11.4 Å². The Morgan fingerprint density at radius 2 is 2.00 bits per heavy atom. The molecule has 2 heterocycles. The average molecular weight is 529 g/mol. The topological polar surface area (TPSA) is 148 Å². The first-order chi connectivity index (χ1) is 17.8. The summed E-state index contributed by atoms with van der Waals surface area (Å²) >= 11 is 1.07. The Kier molecular flexibility index (Phi) is 10.3. The number of thiazole rings is 1. The summed E-state index contributed by atoms with van der Waals surface area (Å²) in [5.74, 6) is -0.245. The first-order valence-electron chi connectivity index (χ1n) is 12.1. The van der Waals surface area contributed by atoms with Crippen LogP contribution in [0, 0.1) is 13.8 Å². The molecule has 37 heavy (non-hydrogen) atoms. The first kappa shape index (κ1) is 27.9. The Morgan fingerprint density at radius 3 is 2.70 bits per heavy atom. The van der Waals surface area contributed by atoms with Gasteiger partial charge in [0.2, 0.25) is 17.6 Å². The van der Waals surface area contributed by atoms with E-state index < -0.39 is 12.0 Å². The number of anilines is 1. The van der Waals surface area contributed by atoms with Crippen LogP contribution in [-0.4, -0.2) is 59.1 Å². The third-order valence-electron chi connectivity index (χ3n) is 5.32. The second-order valence-electron chi connectivity index (χ2n) is 8.46. The second kappa shape index (κ2) is 13.6. The Labute approximate surface area is 219 Å². The van der Waals surface area contributed by atoms with Gasteiger partial charge in [0.05, 0.1) is 12.3 Å². The number of hydrogen-bond acceptors (Lipinski definition) is 10. The molecule has 2 aromatic heterocycles. The predicted molar refractivity (Wildman–Crippen MR) is 140 cm³/mol. The highest BCUT2D eigenvalue weighted by molar-refractivity contribution is 7.17. The van der Waals surface area contributed by atoms with E-state index in [4.69, 9.17) is 9.26 Å². The van der Waals surface area contributed by atoms with Gasteiger partial charge in [0.25, 0.3) is 5.91 Å². The van der Waals surface area contributed by atoms with Crippen LogP contribution in [0.25, 0.3) is 11.4 Å². The molecule has 3 N–H and O–H groups in total. The summed E-state index contributed by atoms with van der Waals surface area (Å²) in [6.07, 6.45) is 2.12. The van der Waals surface area contributed by atoms with Crippen LogP contribution in [0.15, 0.2) is 28.8 Å². The van der Waals surface area contributed by atoms with Gasteiger partial charge < -0.3 is 25.2 Å². The summed E-state index contributed by atoms with van der Waals surface area (Å²) in [5, 5.41) is 13.0. The number of aromatic nitrogens is 3. The van der Waals surface area contributed by atoms with Crippen LogP contribution in [-0.2, 0) is 9.53 Å². The second-order valence-corrected chi connectivity index (χ2v) is 9.45. The van der Waals surface area contributed by atoms with Crippen LogP contribution in [0.3, 0.4) is 0 Å². The van der Waals surface area contributed by atoms with E-state index in [-0.39, 0.29) is 18.2 Å². The van der Waals surface area contributed by atoms with E-state index in [0.29, 0.717) is 51.6 Å². The zero-order valence-corrected chi connectivity index (χ0v) is 22.2. The van der Waals surface area contributed by atoms with Gasteiger partial charge in [0, 0.05) is 30.5 Å². The molecule has 0 aliphatic rings. The predicted octanol–water partition coefficient (Wildman–Crippen LogP) is 3.50. The van der Waals surface area contributed by atoms with E-state index in [0.717, 1.165) is 30.7 Å². The van der Waals surface area contributed by atoms with Gasteiger partial charge in [-0.2, -0.15) is 4.98 Å². The number of nitrogens with zero attached hydrogens (tertiary/aromatic N) is 3. The lowest BCUT2D eigenvalue weighted by Crippen LogP contribution is -2.38. The van der Waals surface area contributed by atoms with Crippen molar-refractivity contribution in [3.05, 3.63) is 46.3 Å². The van der Waals surface area contributed by atoms with Crippen LogP contribution in [0.5, 0.6) is 0 Å². The smallest absolute Gasteiger partial charge is 0.350 e. The molecule has 0 saturated heterocycles. The summed E-state index contributed by atoms with van der Waals surface area (Å²) in [5.41, 5.74) is 1.57. The number of esters is 1. The van der Waals surface area contributed by atoms with Gasteiger partial charge in [0.15, 0.2) is 5.13 Å². The third-order valence-corrected chi connectivity index (χ3v) is 6.38. The summed E-state index contributed by atoms with van der Waals surface area (Å²) < 4.78 is 10.2. The van der Waals surface area contributed by atoms with E-state index in [1.54, 1.807) is 38.1 Å². The number of ether oxygens (including phenoxy) is 1. The van der Waals surface area contributed by atoms with Crippen LogP contribution in [0.1, 0.15) is 64.2 Å². The lowest BCUT2D eigenvalue weighted by molar-refractivity contribution is -0.116. The highest BCUT2D eigenvalue weighted by Crippen LogP contribution is 2.24. The Morgan fingerprint density at radius 1 is 1.19 bits per heavy atom. The van der Waals surface area contributed by atoms with Gasteiger partial charge in [-0.05, 0) is 51.9 Å². The SMILES string of the molecule is CCCOC(=O)c1sc(NC(=O)CC(CCCNC)NC(=O)c2cccc(-c3noc(C)n3)c2)nc1C. The molecule has 0 aliphatic carbocycles. The highest BCUT2D eigenvalue weighted by atomic mass is 32.1. The van der Waals surface area contributed by atoms with Crippen LogP contribution in [0.4, 0.5) is 5.13 Å². The lowest BCUT2D eigenvalue weighted by Gasteiger charge is -2.18. The standard InChI is InChI=1S/C25H32N6O5S/c1-5-12-35-24(34)21-15(2)27-25(37-21)30-20(32)14-19(10-7-11-26-4)29-23(33)18-9-6-8-17(13-18)22-28-16(3)36-31-22/h6,8-9,13,19,26H,5,7,10-12,14H2,1-4H3,(H,29,33)(H,27,30,32). The van der Waals surface area contributed by atoms with Crippen molar-refractivity contribution in [3.63, 3.8) is 0 Å². The molecule has 0 bridgehead atoms. The van der Waals surface area contributed by atoms with Gasteiger partial charge in [-0.3, -0.25) is 9.59 Å². The molecule has 0 aliphatic heterocycles. The normalized spacial score (nSPS) is 11.7. The van der Waals surface area contributed by atoms with Gasteiger partial charge in [0.1, 0.15) is 4.88 Å². The molecule has 1 aromatic carbocycles. The maximum Gasteiger partial charge on any atom is 0.350 e. The van der Waals surface area contributed by atoms with Gasteiger partial charge in [-0.15, -0.1) is 0 Å². The number of carbonyl (C=O) groups excluding carboxylic acids is 3. The highest BCUT2D eigenvalue weighted by Gasteiger charge is 2.21. The first-order valence-corrected chi connectivity index (χ1v) is 12.9. The molecule has 3 rings (SSSR count). The molecule has 2 amide bonds. The van der Waals surface area contributed by atoms with Crippen LogP contribution >= 0.6 is 11.3 Å². The molecule has 0 saturated carbocycles. The molecule has 0 radical (unpaired) electrons. The molecule has 0 spiro atoms. The van der Waals surface area contributed by atoms with Crippen molar-refractivity contribution in [1.29, 1.82) is 0 Å². The Bertz CT molecular complexity index is 1220. The molecule has 12 heteroatoms. The van der Waals surface area contributed by atoms with Gasteiger partial charge >= 0.3 is 5.97 Å². The van der Waals surface area contributed by atoms with E-state index >= 15 is 0 Å². The largest absolute Gasteiger partial charge is 0.461 e. The Hall–Kier alpha value is -3.64. The number of carbonyl (C=O) groups is 3. The van der Waals surface area contributed by atoms with Gasteiger partial charge in [-0.25, -0.2) is 9.78 Å². The maximum atomic E-state index is 13.0. The molecule has 198 valence electrons. The quantitative estimate of drug-likeness (QED) is 0.224. The van der Waals surface area contributed by atoms with E-state index in [9.17, 15) is 14.4 Å². The molecular weight excluding hydrogens is 496 g/mol. The number of amides is 2. The lowest BCUT2D eigenvalue weighted by atomic mass is 10.1. The third kappa shape index (κ3) is 8.19. The van der Waals surface area contributed by atoms with Crippen molar-refractivity contribution in [2.45, 2.75) is 52.5 Å². The average Bonchev–Trinajstić information content (AvgIpc) is 3.47. The van der Waals surface area contributed by atoms with E-state index in [1.165, 1.54) is 0 Å². The molecule has 0 fully saturated rings. The summed E-state index contributed by atoms with van der Waals surface area (Å²) in [4.78, 5) is 46.9. The van der Waals surface area contributed by atoms with Gasteiger partial charge in [-0.1, -0.05) is 35.5 Å². The summed E-state index contributed by atoms with van der Waals surface area (Å²) in [6, 6.07) is 6.50. The summed E-state index contributed by atoms with van der Waals surface area (Å²) in [6.45, 7) is 6.37. The minimum Gasteiger partial charge on any atom is -0.461 e. The molecule has 3 aromatic rings. The molecule has 1 unspecified atom stereocenters. The minimum absolute atomic E-state index is 0.0490. The van der Waals surface area contributed by atoms with Crippen molar-refractivity contribution >= 4 is 34.3 Å². The fourth-order valence-electron chi connectivity index (χ4n) is 3.53. The summed E-state index contributed by atoms with van der Waals surface area (Å²) in [7, 11) is 1.85. The zero-order chi connectivity index (χ0) is 26.8. The number of benzene rings is 1. The minimum atomic E-state index is -0.451. The number of aryl methyl sites for hydroxylation is 2. The molecular formula is C25H32N6O5S. The Balaban J connectivity index is 1.66. The van der Waals surface area contributed by atoms with Crippen molar-refractivity contribution in [1.82, 2.24) is 25.8 Å². The maximum absolute atomic E-state index is 13.0. The molecule has 1 atom stereocenters. The van der Waals surface area contributed by atoms with Crippen LogP contribution < -0.4 is 16.0 Å². The number of rotatable bonds is 13. The van der Waals surface area contributed by atoms with E-state index in [2.05, 4.69) is 31.1 Å². The fourth-order valence-corrected chi connectivity index (χ4v) is 4.41. The number of nitrogens with one attached hydrogen (secondary N) is 3. The van der Waals surface area contributed by atoms with E-state index in [1.807, 2.05) is 14.0 Å². The van der Waals surface area contributed by atoms with Crippen molar-refractivity contribution in [2.24, 2.45) is 0 Å². The fraction of sp³-hybridized carbons (Fsp3) is 0.440. The number of hydrogen-bond donors (Lipinski definition) is 3. The van der Waals surface area contributed by atoms with Crippen molar-refractivity contribution in [2.75, 3.05) is 25.5 Å². The molecule has 11 nitrogen and oxygen atoms in total. The monoisotopic (exact) mass is 528 g/mol.